The van der Waals surface area contributed by atoms with E-state index in [0.717, 1.165) is 5.69 Å². The predicted molar refractivity (Wildman–Crippen MR) is 204 cm³/mol. The Morgan fingerprint density at radius 3 is 1.00 bits per heavy atom. The number of hydrogen-bond acceptors (Lipinski definition) is 4. The van der Waals surface area contributed by atoms with E-state index in [0.29, 0.717) is 0 Å². The van der Waals surface area contributed by atoms with Gasteiger partial charge in [-0.05, 0) is 76.8 Å². The van der Waals surface area contributed by atoms with Crippen molar-refractivity contribution in [3.63, 3.8) is 0 Å². The summed E-state index contributed by atoms with van der Waals surface area (Å²) in [5, 5.41) is 3.90. The Morgan fingerprint density at radius 1 is 0.340 bits per heavy atom. The van der Waals surface area contributed by atoms with Gasteiger partial charge in [-0.25, -0.2) is 0 Å². The molecular weight excluding hydrogens is 574 g/mol. The number of para-hydroxylation sites is 5. The van der Waals surface area contributed by atoms with Crippen LogP contribution in [-0.2, 0) is 0 Å². The molecular formula is C42H43N5. The quantitative estimate of drug-likeness (QED) is 0.148. The zero-order chi connectivity index (χ0) is 30.9. The van der Waals surface area contributed by atoms with Gasteiger partial charge in [-0.15, -0.1) is 0 Å². The third kappa shape index (κ3) is 10.8. The Kier molecular flexibility index (Phi) is 14.5. The van der Waals surface area contributed by atoms with E-state index in [1.54, 1.807) is 0 Å². The maximum atomic E-state index is 5.36. The topological polar surface area (TPSA) is 115 Å². The molecule has 0 fully saturated rings. The van der Waals surface area contributed by atoms with Crippen LogP contribution < -0.4 is 22.9 Å². The summed E-state index contributed by atoms with van der Waals surface area (Å²) in [6.07, 6.45) is 1.95. The highest BCUT2D eigenvalue weighted by molar-refractivity contribution is 5.82. The third-order valence-corrected chi connectivity index (χ3v) is 6.96. The summed E-state index contributed by atoms with van der Waals surface area (Å²) < 4.78 is 0. The summed E-state index contributed by atoms with van der Waals surface area (Å²) in [5.74, 6) is 0. The molecule has 5 nitrogen and oxygen atoms in total. The highest BCUT2D eigenvalue weighted by atomic mass is 15.1. The van der Waals surface area contributed by atoms with Crippen LogP contribution in [0.25, 0.3) is 21.7 Å². The van der Waals surface area contributed by atoms with Gasteiger partial charge in [0.1, 0.15) is 0 Å². The Labute approximate surface area is 278 Å². The molecule has 7 aromatic carbocycles. The molecule has 0 aliphatic carbocycles. The summed E-state index contributed by atoms with van der Waals surface area (Å²) in [5.41, 5.74) is 10.9. The molecule has 0 spiro atoms. The molecule has 0 amide bonds. The minimum Gasteiger partial charge on any atom is -0.399 e. The van der Waals surface area contributed by atoms with Crippen molar-refractivity contribution in [2.24, 2.45) is 0 Å². The van der Waals surface area contributed by atoms with E-state index in [1.165, 1.54) is 38.7 Å². The van der Waals surface area contributed by atoms with E-state index in [-0.39, 0.29) is 12.3 Å². The van der Waals surface area contributed by atoms with E-state index in [1.807, 2.05) is 66.9 Å². The molecule has 236 valence electrons. The van der Waals surface area contributed by atoms with Crippen LogP contribution in [0.1, 0.15) is 0 Å². The van der Waals surface area contributed by atoms with Gasteiger partial charge in [-0.3, -0.25) is 0 Å². The average Bonchev–Trinajstić information content (AvgIpc) is 3.61. The lowest BCUT2D eigenvalue weighted by atomic mass is 10.1. The van der Waals surface area contributed by atoms with E-state index in [2.05, 4.69) is 149 Å². The zero-order valence-electron chi connectivity index (χ0n) is 26.6. The first-order valence-corrected chi connectivity index (χ1v) is 15.0. The van der Waals surface area contributed by atoms with Gasteiger partial charge in [0.15, 0.2) is 0 Å². The number of aromatic amines is 1. The first kappa shape index (κ1) is 35.3. The van der Waals surface area contributed by atoms with Crippen molar-refractivity contribution in [2.45, 2.75) is 0 Å². The number of nitrogen functional groups attached to an aromatic ring is 1. The van der Waals surface area contributed by atoms with Gasteiger partial charge >= 0.3 is 0 Å². The summed E-state index contributed by atoms with van der Waals surface area (Å²) in [6.45, 7) is 0. The largest absolute Gasteiger partial charge is 0.399 e. The molecule has 8 rings (SSSR count). The van der Waals surface area contributed by atoms with Crippen LogP contribution in [0.15, 0.2) is 206 Å². The molecule has 1 aromatic heterocycles. The second-order valence-electron chi connectivity index (χ2n) is 10.2. The summed E-state index contributed by atoms with van der Waals surface area (Å²) >= 11 is 0. The van der Waals surface area contributed by atoms with E-state index in [4.69, 9.17) is 5.73 Å². The van der Waals surface area contributed by atoms with E-state index in [9.17, 15) is 0 Å². The molecule has 8 aromatic rings. The SMILES string of the molecule is N.N.Nc1ccccc1.c1ccc(N(c2ccccc2)c2ccccc2)cc1.c1ccc2[nH]ccc2c1.c1ccc2ccccc2c1. The second-order valence-corrected chi connectivity index (χ2v) is 10.2. The molecule has 0 saturated carbocycles. The molecule has 0 aliphatic heterocycles. The van der Waals surface area contributed by atoms with Crippen LogP contribution in [0.5, 0.6) is 0 Å². The minimum atomic E-state index is 0. The molecule has 0 radical (unpaired) electrons. The number of nitrogens with two attached hydrogens (primary N) is 1. The molecule has 5 heteroatoms. The fourth-order valence-corrected chi connectivity index (χ4v) is 4.76. The van der Waals surface area contributed by atoms with E-state index >= 15 is 0 Å². The lowest BCUT2D eigenvalue weighted by molar-refractivity contribution is 1.28. The smallest absolute Gasteiger partial charge is 0.0461 e. The van der Waals surface area contributed by atoms with Gasteiger partial charge in [0, 0.05) is 34.5 Å². The number of benzene rings is 7. The number of rotatable bonds is 3. The molecule has 0 unspecified atom stereocenters. The Hall–Kier alpha value is -6.14. The highest BCUT2D eigenvalue weighted by Crippen LogP contribution is 2.33. The number of nitrogens with zero attached hydrogens (tertiary/aromatic N) is 1. The van der Waals surface area contributed by atoms with Crippen molar-refractivity contribution in [1.29, 1.82) is 0 Å². The van der Waals surface area contributed by atoms with Crippen molar-refractivity contribution in [2.75, 3.05) is 10.6 Å². The number of nitrogens with one attached hydrogen (secondary N) is 1. The summed E-state index contributed by atoms with van der Waals surface area (Å²) in [4.78, 5) is 5.37. The van der Waals surface area contributed by atoms with Crippen molar-refractivity contribution < 1.29 is 0 Å². The molecule has 0 saturated heterocycles. The number of hydrogen-bond donors (Lipinski definition) is 4. The molecule has 1 heterocycles. The fraction of sp³-hybridized carbons (Fsp3) is 0. The van der Waals surface area contributed by atoms with Gasteiger partial charge in [0.2, 0.25) is 0 Å². The van der Waals surface area contributed by atoms with Crippen LogP contribution in [0.2, 0.25) is 0 Å². The predicted octanol–water partition coefficient (Wildman–Crippen LogP) is 11.8. The monoisotopic (exact) mass is 617 g/mol. The lowest BCUT2D eigenvalue weighted by Crippen LogP contribution is -2.09. The number of H-pyrrole nitrogens is 1. The average molecular weight is 618 g/mol. The van der Waals surface area contributed by atoms with Crippen molar-refractivity contribution in [3.05, 3.63) is 206 Å². The molecule has 9 N–H and O–H groups in total. The molecule has 47 heavy (non-hydrogen) atoms. The van der Waals surface area contributed by atoms with Crippen LogP contribution in [0.3, 0.4) is 0 Å². The first-order chi connectivity index (χ1) is 22.3. The highest BCUT2D eigenvalue weighted by Gasteiger charge is 2.10. The molecule has 0 atom stereocenters. The van der Waals surface area contributed by atoms with Gasteiger partial charge in [0.25, 0.3) is 0 Å². The maximum Gasteiger partial charge on any atom is 0.0461 e. The minimum absolute atomic E-state index is 0. The van der Waals surface area contributed by atoms with Crippen LogP contribution in [-0.4, -0.2) is 4.98 Å². The molecule has 0 aliphatic rings. The van der Waals surface area contributed by atoms with Gasteiger partial charge in [0.05, 0.1) is 0 Å². The zero-order valence-corrected chi connectivity index (χ0v) is 26.6. The second kappa shape index (κ2) is 19.3. The number of fused-ring (bicyclic) bond motifs is 2. The van der Waals surface area contributed by atoms with Crippen molar-refractivity contribution >= 4 is 44.4 Å². The Morgan fingerprint density at radius 2 is 0.660 bits per heavy atom. The standard InChI is InChI=1S/C18H15N.C10H8.C8H7N.C6H7N.2H3N/c1-4-10-16(11-5-1)19(17-12-6-2-7-13-17)18-14-8-3-9-15-18;1-2-6-10-8-4-3-7-9(10)5-1;1-2-4-8-7(3-1)5-6-9-8;7-6-4-2-1-3-5-6;;/h1-15H;1-8H;1-6,9H;1-5H,7H2;2*1H3. The van der Waals surface area contributed by atoms with Gasteiger partial charge in [-0.2, -0.15) is 0 Å². The van der Waals surface area contributed by atoms with Crippen LogP contribution in [0, 0.1) is 0 Å². The normalized spacial score (nSPS) is 9.45. The number of aromatic nitrogens is 1. The third-order valence-electron chi connectivity index (χ3n) is 6.96. The Balaban J connectivity index is 0.000000182. The van der Waals surface area contributed by atoms with Crippen LogP contribution >= 0.6 is 0 Å². The van der Waals surface area contributed by atoms with Gasteiger partial charge < -0.3 is 27.9 Å². The summed E-state index contributed by atoms with van der Waals surface area (Å²) in [6, 6.07) is 67.7. The Bertz CT molecular complexity index is 1770. The van der Waals surface area contributed by atoms with Crippen molar-refractivity contribution in [3.8, 4) is 0 Å². The fourth-order valence-electron chi connectivity index (χ4n) is 4.76. The number of anilines is 4. The van der Waals surface area contributed by atoms with Gasteiger partial charge in [-0.1, -0.05) is 140 Å². The lowest BCUT2D eigenvalue weighted by Gasteiger charge is -2.25. The van der Waals surface area contributed by atoms with Crippen molar-refractivity contribution in [1.82, 2.24) is 17.3 Å². The first-order valence-electron chi connectivity index (χ1n) is 15.0. The maximum absolute atomic E-state index is 5.36. The molecule has 0 bridgehead atoms. The summed E-state index contributed by atoms with van der Waals surface area (Å²) in [7, 11) is 0. The van der Waals surface area contributed by atoms with Crippen LogP contribution in [0.4, 0.5) is 22.7 Å². The van der Waals surface area contributed by atoms with E-state index < -0.39 is 0 Å².